The van der Waals surface area contributed by atoms with Crippen LogP contribution in [0.1, 0.15) is 36.5 Å². The largest absolute Gasteiger partial charge is 0.450 e. The molecule has 10 heteroatoms. The lowest BCUT2D eigenvalue weighted by Gasteiger charge is -2.32. The molecular formula is C23H28FN3O5S. The molecule has 0 spiro atoms. The molecule has 2 N–H and O–H groups in total. The lowest BCUT2D eigenvalue weighted by Crippen LogP contribution is -2.39. The monoisotopic (exact) mass is 477 g/mol. The summed E-state index contributed by atoms with van der Waals surface area (Å²) < 4.78 is 46.0. The van der Waals surface area contributed by atoms with E-state index in [1.165, 1.54) is 36.4 Å². The van der Waals surface area contributed by atoms with Crippen LogP contribution >= 0.6 is 0 Å². The smallest absolute Gasteiger partial charge is 0.411 e. The molecule has 1 fully saturated rings. The van der Waals surface area contributed by atoms with Crippen LogP contribution in [0.5, 0.6) is 0 Å². The van der Waals surface area contributed by atoms with Gasteiger partial charge in [0, 0.05) is 25.2 Å². The summed E-state index contributed by atoms with van der Waals surface area (Å²) in [6, 6.07) is 11.6. The molecule has 8 nitrogen and oxygen atoms in total. The Labute approximate surface area is 193 Å². The number of anilines is 1. The molecule has 2 amide bonds. The maximum absolute atomic E-state index is 13.1. The minimum absolute atomic E-state index is 0.0298. The van der Waals surface area contributed by atoms with E-state index in [9.17, 15) is 22.4 Å². The van der Waals surface area contributed by atoms with E-state index in [1.807, 2.05) is 0 Å². The highest BCUT2D eigenvalue weighted by molar-refractivity contribution is 7.89. The topological polar surface area (TPSA) is 105 Å². The van der Waals surface area contributed by atoms with Crippen molar-refractivity contribution in [2.75, 3.05) is 31.6 Å². The number of nitrogens with zero attached hydrogens (tertiary/aromatic N) is 1. The van der Waals surface area contributed by atoms with Crippen LogP contribution in [0.15, 0.2) is 53.4 Å². The van der Waals surface area contributed by atoms with Gasteiger partial charge in [0.15, 0.2) is 0 Å². The van der Waals surface area contributed by atoms with Crippen LogP contribution in [0, 0.1) is 11.7 Å². The Kier molecular flexibility index (Phi) is 8.40. The third kappa shape index (κ3) is 6.75. The third-order valence-electron chi connectivity index (χ3n) is 5.53. The molecule has 33 heavy (non-hydrogen) atoms. The van der Waals surface area contributed by atoms with Gasteiger partial charge in [0.1, 0.15) is 10.7 Å². The van der Waals surface area contributed by atoms with Crippen LogP contribution in [0.2, 0.25) is 0 Å². The van der Waals surface area contributed by atoms with Crippen molar-refractivity contribution in [3.8, 4) is 0 Å². The van der Waals surface area contributed by atoms with E-state index in [0.29, 0.717) is 25.1 Å². The molecule has 0 saturated carbocycles. The lowest BCUT2D eigenvalue weighted by molar-refractivity contribution is 0.0687. The Bertz CT molecular complexity index is 1070. The van der Waals surface area contributed by atoms with Gasteiger partial charge in [0.05, 0.1) is 12.3 Å². The zero-order valence-electron chi connectivity index (χ0n) is 18.4. The fraction of sp³-hybridized carbons (Fsp3) is 0.391. The van der Waals surface area contributed by atoms with Crippen LogP contribution in [0.3, 0.4) is 0 Å². The fourth-order valence-corrected chi connectivity index (χ4v) is 4.96. The first-order valence-corrected chi connectivity index (χ1v) is 12.4. The van der Waals surface area contributed by atoms with E-state index in [-0.39, 0.29) is 41.4 Å². The average Bonchev–Trinajstić information content (AvgIpc) is 2.80. The highest BCUT2D eigenvalue weighted by Gasteiger charge is 2.25. The summed E-state index contributed by atoms with van der Waals surface area (Å²) in [6.45, 7) is 3.22. The Morgan fingerprint density at radius 2 is 1.76 bits per heavy atom. The summed E-state index contributed by atoms with van der Waals surface area (Å²) in [4.78, 5) is 26.0. The standard InChI is InChI=1S/C23H28FN3O5S/c1-2-32-23(29)26-20-5-3-4-6-21(20)33(30,31)25-14-11-17-12-15-27(16-13-17)22(28)18-7-9-19(24)10-8-18/h3-10,17,25H,2,11-16H2,1H3,(H,26,29). The number of likely N-dealkylation sites (tertiary alicyclic amines) is 1. The highest BCUT2D eigenvalue weighted by atomic mass is 32.2. The first-order chi connectivity index (χ1) is 15.8. The van der Waals surface area contributed by atoms with Gasteiger partial charge in [-0.15, -0.1) is 0 Å². The SMILES string of the molecule is CCOC(=O)Nc1ccccc1S(=O)(=O)NCCC1CCN(C(=O)c2ccc(F)cc2)CC1. The maximum Gasteiger partial charge on any atom is 0.411 e. The number of carbonyl (C=O) groups is 2. The van der Waals surface area contributed by atoms with E-state index in [0.717, 1.165) is 12.8 Å². The van der Waals surface area contributed by atoms with E-state index >= 15 is 0 Å². The predicted molar refractivity (Wildman–Crippen MR) is 122 cm³/mol. The quantitative estimate of drug-likeness (QED) is 0.604. The number of benzene rings is 2. The van der Waals surface area contributed by atoms with Crippen molar-refractivity contribution in [2.24, 2.45) is 5.92 Å². The van der Waals surface area contributed by atoms with Crippen molar-refractivity contribution in [3.05, 3.63) is 59.9 Å². The van der Waals surface area contributed by atoms with Gasteiger partial charge in [-0.2, -0.15) is 0 Å². The Balaban J connectivity index is 1.49. The summed E-state index contributed by atoms with van der Waals surface area (Å²) in [5, 5.41) is 2.45. The van der Waals surface area contributed by atoms with Gasteiger partial charge in [-0.3, -0.25) is 10.1 Å². The summed E-state index contributed by atoms with van der Waals surface area (Å²) >= 11 is 0. The minimum Gasteiger partial charge on any atom is -0.450 e. The Hall–Kier alpha value is -2.98. The predicted octanol–water partition coefficient (Wildman–Crippen LogP) is 3.61. The van der Waals surface area contributed by atoms with E-state index < -0.39 is 16.1 Å². The molecule has 0 aliphatic carbocycles. The number of hydrogen-bond donors (Lipinski definition) is 2. The number of ether oxygens (including phenoxy) is 1. The van der Waals surface area contributed by atoms with Gasteiger partial charge in [0.2, 0.25) is 10.0 Å². The van der Waals surface area contributed by atoms with Crippen molar-refractivity contribution in [1.82, 2.24) is 9.62 Å². The summed E-state index contributed by atoms with van der Waals surface area (Å²) in [5.41, 5.74) is 0.605. The van der Waals surface area contributed by atoms with E-state index in [1.54, 1.807) is 24.0 Å². The highest BCUT2D eigenvalue weighted by Crippen LogP contribution is 2.24. The zero-order chi connectivity index (χ0) is 23.8. The van der Waals surface area contributed by atoms with Crippen LogP contribution in [0.25, 0.3) is 0 Å². The number of halogens is 1. The van der Waals surface area contributed by atoms with E-state index in [2.05, 4.69) is 10.0 Å². The molecule has 0 unspecified atom stereocenters. The molecule has 3 rings (SSSR count). The first kappa shape index (κ1) is 24.7. The van der Waals surface area contributed by atoms with Gasteiger partial charge in [-0.1, -0.05) is 12.1 Å². The molecule has 0 bridgehead atoms. The normalized spacial score (nSPS) is 14.7. The fourth-order valence-electron chi connectivity index (χ4n) is 3.76. The molecule has 0 aromatic heterocycles. The molecule has 0 atom stereocenters. The maximum atomic E-state index is 13.1. The zero-order valence-corrected chi connectivity index (χ0v) is 19.2. The van der Waals surface area contributed by atoms with Gasteiger partial charge in [0.25, 0.3) is 5.91 Å². The van der Waals surface area contributed by atoms with Crippen LogP contribution < -0.4 is 10.0 Å². The van der Waals surface area contributed by atoms with Crippen molar-refractivity contribution in [2.45, 2.75) is 31.1 Å². The van der Waals surface area contributed by atoms with Gasteiger partial charge < -0.3 is 9.64 Å². The van der Waals surface area contributed by atoms with Crippen molar-refractivity contribution in [3.63, 3.8) is 0 Å². The van der Waals surface area contributed by atoms with Crippen molar-refractivity contribution < 1.29 is 27.1 Å². The van der Waals surface area contributed by atoms with Crippen molar-refractivity contribution in [1.29, 1.82) is 0 Å². The molecule has 0 radical (unpaired) electrons. The van der Waals surface area contributed by atoms with Crippen LogP contribution in [0.4, 0.5) is 14.9 Å². The summed E-state index contributed by atoms with van der Waals surface area (Å²) in [6.07, 6.45) is 1.43. The number of rotatable bonds is 8. The second-order valence-electron chi connectivity index (χ2n) is 7.77. The Morgan fingerprint density at radius 1 is 1.09 bits per heavy atom. The summed E-state index contributed by atoms with van der Waals surface area (Å²) in [5.74, 6) is -0.232. The molecule has 2 aromatic carbocycles. The number of carbonyl (C=O) groups excluding carboxylic acids is 2. The Morgan fingerprint density at radius 3 is 2.42 bits per heavy atom. The number of amides is 2. The van der Waals surface area contributed by atoms with Crippen molar-refractivity contribution >= 4 is 27.7 Å². The van der Waals surface area contributed by atoms with Gasteiger partial charge in [-0.05, 0) is 68.5 Å². The molecule has 178 valence electrons. The van der Waals surface area contributed by atoms with E-state index in [4.69, 9.17) is 4.74 Å². The lowest BCUT2D eigenvalue weighted by atomic mass is 9.93. The molecular weight excluding hydrogens is 449 g/mol. The molecule has 1 heterocycles. The molecule has 1 saturated heterocycles. The third-order valence-corrected chi connectivity index (χ3v) is 7.05. The number of hydrogen-bond acceptors (Lipinski definition) is 5. The molecule has 2 aromatic rings. The second kappa shape index (κ2) is 11.2. The number of nitrogens with one attached hydrogen (secondary N) is 2. The van der Waals surface area contributed by atoms with Gasteiger partial charge in [-0.25, -0.2) is 22.3 Å². The molecule has 1 aliphatic heterocycles. The summed E-state index contributed by atoms with van der Waals surface area (Å²) in [7, 11) is -3.83. The first-order valence-electron chi connectivity index (χ1n) is 10.9. The van der Waals surface area contributed by atoms with Crippen LogP contribution in [-0.4, -0.2) is 51.6 Å². The molecule has 1 aliphatic rings. The number of sulfonamides is 1. The van der Waals surface area contributed by atoms with Crippen LogP contribution in [-0.2, 0) is 14.8 Å². The number of piperidine rings is 1. The van der Waals surface area contributed by atoms with Gasteiger partial charge >= 0.3 is 6.09 Å². The average molecular weight is 478 g/mol. The minimum atomic E-state index is -3.83. The number of para-hydroxylation sites is 1. The second-order valence-corrected chi connectivity index (χ2v) is 9.51.